The van der Waals surface area contributed by atoms with Crippen molar-refractivity contribution in [1.82, 2.24) is 14.8 Å². The minimum absolute atomic E-state index is 0.168. The minimum atomic E-state index is -1.52. The van der Waals surface area contributed by atoms with E-state index in [0.29, 0.717) is 4.68 Å². The maximum Gasteiger partial charge on any atom is 0.347 e. The first-order chi connectivity index (χ1) is 7.99. The molecule has 1 aromatic heterocycles. The third kappa shape index (κ3) is 2.26. The van der Waals surface area contributed by atoms with E-state index in [1.807, 2.05) is 4.98 Å². The maximum atomic E-state index is 11.4. The van der Waals surface area contributed by atoms with Crippen molar-refractivity contribution >= 4 is 0 Å². The van der Waals surface area contributed by atoms with Gasteiger partial charge in [-0.05, 0) is 0 Å². The van der Waals surface area contributed by atoms with Gasteiger partial charge >= 0.3 is 5.69 Å². The first-order valence-corrected chi connectivity index (χ1v) is 4.87. The van der Waals surface area contributed by atoms with Crippen LogP contribution < -0.4 is 11.2 Å². The van der Waals surface area contributed by atoms with E-state index >= 15 is 0 Å². The number of aliphatic hydroxyl groups is 3. The average molecular weight is 245 g/mol. The van der Waals surface area contributed by atoms with Gasteiger partial charge in [-0.25, -0.2) is 4.79 Å². The molecular formula is C8H11N3O6. The van der Waals surface area contributed by atoms with Gasteiger partial charge in [0.05, 0.1) is 0 Å². The van der Waals surface area contributed by atoms with E-state index in [1.165, 1.54) is 0 Å². The average Bonchev–Trinajstić information content (AvgIpc) is 2.24. The van der Waals surface area contributed by atoms with E-state index in [2.05, 4.69) is 5.10 Å². The Labute approximate surface area is 93.9 Å². The van der Waals surface area contributed by atoms with Crippen molar-refractivity contribution in [2.45, 2.75) is 31.1 Å². The van der Waals surface area contributed by atoms with Crippen LogP contribution in [0.4, 0.5) is 0 Å². The van der Waals surface area contributed by atoms with Gasteiger partial charge in [-0.1, -0.05) is 0 Å². The molecule has 2 rings (SSSR count). The van der Waals surface area contributed by atoms with Crippen LogP contribution in [0.3, 0.4) is 0 Å². The zero-order valence-electron chi connectivity index (χ0n) is 8.55. The molecule has 0 bridgehead atoms. The molecule has 9 heteroatoms. The molecule has 0 spiro atoms. The van der Waals surface area contributed by atoms with Gasteiger partial charge in [0.2, 0.25) is 0 Å². The number of hydrogen-bond donors (Lipinski definition) is 4. The molecule has 1 aliphatic rings. The molecule has 0 amide bonds. The molecule has 2 heterocycles. The van der Waals surface area contributed by atoms with Crippen LogP contribution in [0.15, 0.2) is 15.8 Å². The Kier molecular flexibility index (Phi) is 3.07. The number of nitrogens with zero attached hydrogens (tertiary/aromatic N) is 2. The third-order valence-electron chi connectivity index (χ3n) is 2.40. The van der Waals surface area contributed by atoms with Crippen LogP contribution in [0.2, 0.25) is 0 Å². The minimum Gasteiger partial charge on any atom is -0.388 e. The first kappa shape index (κ1) is 11.9. The number of aromatic nitrogens is 3. The predicted molar refractivity (Wildman–Crippen MR) is 51.9 cm³/mol. The Balaban J connectivity index is 2.33. The summed E-state index contributed by atoms with van der Waals surface area (Å²) in [7, 11) is 0. The lowest BCUT2D eigenvalue weighted by molar-refractivity contribution is -0.270. The number of H-pyrrole nitrogens is 1. The molecular weight excluding hydrogens is 234 g/mol. The van der Waals surface area contributed by atoms with Crippen LogP contribution in [0.25, 0.3) is 0 Å². The molecule has 4 N–H and O–H groups in total. The zero-order valence-corrected chi connectivity index (χ0v) is 8.55. The molecule has 0 radical (unpaired) electrons. The molecule has 94 valence electrons. The van der Waals surface area contributed by atoms with Crippen LogP contribution in [0.5, 0.6) is 0 Å². The quantitative estimate of drug-likeness (QED) is 0.411. The molecule has 0 saturated carbocycles. The molecule has 1 aliphatic heterocycles. The Morgan fingerprint density at radius 3 is 2.71 bits per heavy atom. The second kappa shape index (κ2) is 4.37. The zero-order chi connectivity index (χ0) is 12.6. The van der Waals surface area contributed by atoms with Gasteiger partial charge in [-0.15, -0.1) is 0 Å². The highest BCUT2D eigenvalue weighted by molar-refractivity contribution is 4.80. The monoisotopic (exact) mass is 245 g/mol. The topological polar surface area (TPSA) is 138 Å². The molecule has 9 nitrogen and oxygen atoms in total. The van der Waals surface area contributed by atoms with Crippen molar-refractivity contribution in [2.75, 3.05) is 0 Å². The smallest absolute Gasteiger partial charge is 0.347 e. The molecule has 4 atom stereocenters. The number of aliphatic hydroxyl groups excluding tert-OH is 3. The van der Waals surface area contributed by atoms with Crippen LogP contribution in [0.1, 0.15) is 12.6 Å². The Morgan fingerprint density at radius 1 is 1.35 bits per heavy atom. The summed E-state index contributed by atoms with van der Waals surface area (Å²) < 4.78 is 5.55. The van der Waals surface area contributed by atoms with Crippen molar-refractivity contribution in [1.29, 1.82) is 0 Å². The van der Waals surface area contributed by atoms with Crippen molar-refractivity contribution in [3.05, 3.63) is 27.0 Å². The van der Waals surface area contributed by atoms with Gasteiger partial charge in [0.1, 0.15) is 18.4 Å². The fourth-order valence-corrected chi connectivity index (χ4v) is 1.57. The highest BCUT2D eigenvalue weighted by Crippen LogP contribution is 2.24. The van der Waals surface area contributed by atoms with Crippen LogP contribution in [-0.4, -0.2) is 48.6 Å². The fourth-order valence-electron chi connectivity index (χ4n) is 1.57. The summed E-state index contributed by atoms with van der Waals surface area (Å²) in [5, 5.41) is 31.6. The van der Waals surface area contributed by atoms with E-state index in [-0.39, 0.29) is 6.42 Å². The summed E-state index contributed by atoms with van der Waals surface area (Å²) in [6, 6.07) is 0. The lowest BCUT2D eigenvalue weighted by Crippen LogP contribution is -2.49. The van der Waals surface area contributed by atoms with Gasteiger partial charge in [-0.2, -0.15) is 9.78 Å². The van der Waals surface area contributed by atoms with Gasteiger partial charge in [0.25, 0.3) is 5.56 Å². The number of hydrogen-bond acceptors (Lipinski definition) is 7. The predicted octanol–water partition coefficient (Wildman–Crippen LogP) is -3.11. The summed E-state index contributed by atoms with van der Waals surface area (Å²) in [5.41, 5.74) is -1.55. The van der Waals surface area contributed by atoms with Crippen molar-refractivity contribution in [2.24, 2.45) is 0 Å². The summed E-state index contributed by atoms with van der Waals surface area (Å²) >= 11 is 0. The SMILES string of the molecule is O=c1cnn([C@@H]2O[C@@H](O)[C@@H](O)C[C@@H]2O)c(=O)[nH]1. The molecule has 1 fully saturated rings. The first-order valence-electron chi connectivity index (χ1n) is 4.87. The normalized spacial score (nSPS) is 33.6. The molecule has 0 aromatic carbocycles. The molecule has 1 saturated heterocycles. The molecule has 0 aliphatic carbocycles. The van der Waals surface area contributed by atoms with E-state index < -0.39 is 36.0 Å². The van der Waals surface area contributed by atoms with Gasteiger partial charge in [0.15, 0.2) is 12.5 Å². The van der Waals surface area contributed by atoms with E-state index in [4.69, 9.17) is 4.74 Å². The summed E-state index contributed by atoms with van der Waals surface area (Å²) in [6.07, 6.45) is -4.56. The Bertz CT molecular complexity index is 510. The number of nitrogens with one attached hydrogen (secondary N) is 1. The third-order valence-corrected chi connectivity index (χ3v) is 2.40. The Morgan fingerprint density at radius 2 is 2.06 bits per heavy atom. The van der Waals surface area contributed by atoms with Gasteiger partial charge in [0, 0.05) is 6.42 Å². The highest BCUT2D eigenvalue weighted by Gasteiger charge is 2.37. The fraction of sp³-hybridized carbons (Fsp3) is 0.625. The molecule has 17 heavy (non-hydrogen) atoms. The van der Waals surface area contributed by atoms with Gasteiger partial charge < -0.3 is 20.1 Å². The van der Waals surface area contributed by atoms with Crippen LogP contribution in [-0.2, 0) is 4.74 Å². The summed E-state index contributed by atoms with van der Waals surface area (Å²) in [4.78, 5) is 24.1. The molecule has 0 unspecified atom stereocenters. The van der Waals surface area contributed by atoms with Crippen LogP contribution >= 0.6 is 0 Å². The lowest BCUT2D eigenvalue weighted by Gasteiger charge is -2.34. The largest absolute Gasteiger partial charge is 0.388 e. The maximum absolute atomic E-state index is 11.4. The van der Waals surface area contributed by atoms with Crippen molar-refractivity contribution < 1.29 is 20.1 Å². The molecule has 1 aromatic rings. The van der Waals surface area contributed by atoms with E-state index in [0.717, 1.165) is 6.20 Å². The number of ether oxygens (including phenoxy) is 1. The van der Waals surface area contributed by atoms with Crippen molar-refractivity contribution in [3.8, 4) is 0 Å². The summed E-state index contributed by atoms with van der Waals surface area (Å²) in [6.45, 7) is 0. The van der Waals surface area contributed by atoms with Gasteiger partial charge in [-0.3, -0.25) is 9.78 Å². The standard InChI is InChI=1S/C8H11N3O6/c12-3-1-4(13)7(15)17-6(3)11-8(16)10-5(14)2-9-11/h2-4,6-7,12-13,15H,1H2,(H,10,14,16)/t3-,4-,6+,7+/m0/s1. The van der Waals surface area contributed by atoms with Crippen molar-refractivity contribution in [3.63, 3.8) is 0 Å². The number of rotatable bonds is 1. The number of aromatic amines is 1. The van der Waals surface area contributed by atoms with E-state index in [1.54, 1.807) is 0 Å². The Hall–Kier alpha value is -1.55. The van der Waals surface area contributed by atoms with Crippen LogP contribution in [0, 0.1) is 0 Å². The lowest BCUT2D eigenvalue weighted by atomic mass is 10.1. The second-order valence-electron chi connectivity index (χ2n) is 3.67. The van der Waals surface area contributed by atoms with E-state index in [9.17, 15) is 24.9 Å². The second-order valence-corrected chi connectivity index (χ2v) is 3.67. The highest BCUT2D eigenvalue weighted by atomic mass is 16.6. The summed E-state index contributed by atoms with van der Waals surface area (Å²) in [5.74, 6) is 0.